The van der Waals surface area contributed by atoms with Crippen molar-refractivity contribution >= 4 is 23.2 Å². The quantitative estimate of drug-likeness (QED) is 0.452. The molecule has 1 aliphatic carbocycles. The smallest absolute Gasteiger partial charge is 0.251 e. The summed E-state index contributed by atoms with van der Waals surface area (Å²) in [5.41, 5.74) is -0.716. The number of aliphatic hydroxyl groups is 1. The largest absolute Gasteiger partial charge is 0.390 e. The van der Waals surface area contributed by atoms with Crippen molar-refractivity contribution in [3.63, 3.8) is 0 Å². The summed E-state index contributed by atoms with van der Waals surface area (Å²) in [6, 6.07) is 4.96. The van der Waals surface area contributed by atoms with Gasteiger partial charge in [-0.25, -0.2) is 13.8 Å². The number of rotatable bonds is 4. The Morgan fingerprint density at radius 2 is 1.97 bits per heavy atom. The number of pyridine rings is 1. The number of hydrogen-bond donors (Lipinski definition) is 2. The molecule has 11 heteroatoms. The molecule has 0 atom stereocenters. The number of hydrogen-bond acceptors (Lipinski definition) is 4. The van der Waals surface area contributed by atoms with E-state index in [0.717, 1.165) is 6.07 Å². The maximum atomic E-state index is 15.0. The number of amides is 1. The predicted octanol–water partition coefficient (Wildman–Crippen LogP) is 4.12. The Balaban J connectivity index is 1.58. The minimum atomic E-state index is -1.24. The van der Waals surface area contributed by atoms with E-state index in [9.17, 15) is 18.7 Å². The zero-order valence-corrected chi connectivity index (χ0v) is 18.9. The molecule has 2 N–H and O–H groups in total. The Morgan fingerprint density at radius 3 is 2.62 bits per heavy atom. The Kier molecular flexibility index (Phi) is 5.18. The van der Waals surface area contributed by atoms with Crippen molar-refractivity contribution in [3.05, 3.63) is 65.0 Å². The Morgan fingerprint density at radius 1 is 1.24 bits per heavy atom. The van der Waals surface area contributed by atoms with E-state index in [1.54, 1.807) is 6.92 Å². The molecule has 1 fully saturated rings. The number of nitrogens with zero attached hydrogens (tertiary/aromatic N) is 4. The van der Waals surface area contributed by atoms with E-state index >= 15 is 4.39 Å². The van der Waals surface area contributed by atoms with Gasteiger partial charge in [-0.1, -0.05) is 17.7 Å². The van der Waals surface area contributed by atoms with Crippen LogP contribution in [0.3, 0.4) is 0 Å². The van der Waals surface area contributed by atoms with E-state index in [-0.39, 0.29) is 50.7 Å². The van der Waals surface area contributed by atoms with Crippen LogP contribution < -0.4 is 5.32 Å². The lowest BCUT2D eigenvalue weighted by Gasteiger charge is -2.41. The van der Waals surface area contributed by atoms with Crippen molar-refractivity contribution in [1.29, 1.82) is 0 Å². The highest BCUT2D eigenvalue weighted by Crippen LogP contribution is 2.39. The topological polar surface area (TPSA) is 84.5 Å². The number of imidazole rings is 1. The fraction of sp³-hybridized carbons (Fsp3) is 0.261. The summed E-state index contributed by atoms with van der Waals surface area (Å²) in [7, 11) is 1.50. The fourth-order valence-corrected chi connectivity index (χ4v) is 4.62. The van der Waals surface area contributed by atoms with E-state index in [1.165, 1.54) is 46.7 Å². The number of nitrogens with one attached hydrogen (secondary N) is 1. The normalized spacial score (nSPS) is 19.9. The molecule has 0 bridgehead atoms. The van der Waals surface area contributed by atoms with Gasteiger partial charge < -0.3 is 10.4 Å². The Labute approximate surface area is 196 Å². The maximum Gasteiger partial charge on any atom is 0.251 e. The van der Waals surface area contributed by atoms with Crippen LogP contribution in [0.25, 0.3) is 28.0 Å². The third kappa shape index (κ3) is 3.72. The van der Waals surface area contributed by atoms with Crippen LogP contribution in [0.15, 0.2) is 36.7 Å². The van der Waals surface area contributed by atoms with Crippen LogP contribution in [0.2, 0.25) is 5.15 Å². The van der Waals surface area contributed by atoms with Crippen LogP contribution in [0, 0.1) is 17.6 Å². The molecule has 0 radical (unpaired) electrons. The van der Waals surface area contributed by atoms with Gasteiger partial charge in [-0.05, 0) is 38.0 Å². The summed E-state index contributed by atoms with van der Waals surface area (Å²) < 4.78 is 46.2. The monoisotopic (exact) mass is 489 g/mol. The Bertz CT molecular complexity index is 1450. The number of aromatic nitrogens is 4. The lowest BCUT2D eigenvalue weighted by Crippen LogP contribution is -2.53. The highest BCUT2D eigenvalue weighted by Gasteiger charge is 2.39. The van der Waals surface area contributed by atoms with Crippen molar-refractivity contribution in [1.82, 2.24) is 24.5 Å². The van der Waals surface area contributed by atoms with Crippen LogP contribution in [0.5, 0.6) is 0 Å². The van der Waals surface area contributed by atoms with Gasteiger partial charge in [-0.3, -0.25) is 13.9 Å². The second-order valence-corrected chi connectivity index (χ2v) is 9.12. The molecular weight excluding hydrogens is 471 g/mol. The van der Waals surface area contributed by atoms with Gasteiger partial charge in [-0.15, -0.1) is 5.10 Å². The molecule has 0 aliphatic heterocycles. The third-order valence-electron chi connectivity index (χ3n) is 5.94. The molecule has 3 aromatic heterocycles. The second kappa shape index (κ2) is 7.85. The summed E-state index contributed by atoms with van der Waals surface area (Å²) >= 11 is 6.47. The molecule has 0 unspecified atom stereocenters. The molecule has 1 amide bonds. The highest BCUT2D eigenvalue weighted by atomic mass is 35.5. The summed E-state index contributed by atoms with van der Waals surface area (Å²) in [5, 5.41) is 16.3. The van der Waals surface area contributed by atoms with Crippen LogP contribution in [0.1, 0.15) is 30.1 Å². The van der Waals surface area contributed by atoms with Crippen molar-refractivity contribution in [2.24, 2.45) is 7.05 Å². The molecule has 176 valence electrons. The van der Waals surface area contributed by atoms with Crippen LogP contribution in [-0.4, -0.2) is 41.8 Å². The van der Waals surface area contributed by atoms with Gasteiger partial charge in [0, 0.05) is 36.6 Å². The van der Waals surface area contributed by atoms with E-state index in [0.29, 0.717) is 12.8 Å². The van der Waals surface area contributed by atoms with Gasteiger partial charge in [0.1, 0.15) is 16.5 Å². The molecular formula is C23H19ClF3N5O2. The average molecular weight is 490 g/mol. The minimum Gasteiger partial charge on any atom is -0.390 e. The zero-order valence-electron chi connectivity index (χ0n) is 18.1. The SMILES string of the molecule is Cn1cc(-c2ccc(F)c(F)c2-c2nc3cc(C(=O)NC4CC(C)(O)C4)ccn3c2Cl)c(F)n1. The van der Waals surface area contributed by atoms with Crippen molar-refractivity contribution in [2.45, 2.75) is 31.4 Å². The number of benzene rings is 1. The second-order valence-electron chi connectivity index (χ2n) is 8.76. The minimum absolute atomic E-state index is 0.0322. The molecule has 3 heterocycles. The zero-order chi connectivity index (χ0) is 24.4. The van der Waals surface area contributed by atoms with E-state index in [4.69, 9.17) is 11.6 Å². The molecule has 1 saturated carbocycles. The van der Waals surface area contributed by atoms with Crippen molar-refractivity contribution < 1.29 is 23.1 Å². The molecule has 1 aromatic carbocycles. The molecule has 7 nitrogen and oxygen atoms in total. The lowest BCUT2D eigenvalue weighted by atomic mass is 9.77. The molecule has 5 rings (SSSR count). The lowest BCUT2D eigenvalue weighted by molar-refractivity contribution is -0.0366. The fourth-order valence-electron chi connectivity index (χ4n) is 4.34. The van der Waals surface area contributed by atoms with E-state index in [2.05, 4.69) is 15.4 Å². The van der Waals surface area contributed by atoms with Gasteiger partial charge in [-0.2, -0.15) is 4.39 Å². The van der Waals surface area contributed by atoms with E-state index < -0.39 is 23.2 Å². The summed E-state index contributed by atoms with van der Waals surface area (Å²) in [4.78, 5) is 17.0. The summed E-state index contributed by atoms with van der Waals surface area (Å²) in [6.45, 7) is 1.70. The van der Waals surface area contributed by atoms with Gasteiger partial charge in [0.05, 0.1) is 16.7 Å². The number of carbonyl (C=O) groups is 1. The standard InChI is InChI=1S/C23H19ClF3N5O2/c1-23(34)8-12(9-23)28-22(33)11-5-6-32-16(7-11)29-19(20(32)24)17-13(3-4-15(25)18(17)26)14-10-31(2)30-21(14)27/h3-7,10,12,34H,8-9H2,1-2H3,(H,28,33). The molecule has 1 aliphatic rings. The van der Waals surface area contributed by atoms with Gasteiger partial charge >= 0.3 is 0 Å². The summed E-state index contributed by atoms with van der Waals surface area (Å²) in [6.07, 6.45) is 3.73. The van der Waals surface area contributed by atoms with Gasteiger partial charge in [0.2, 0.25) is 5.95 Å². The van der Waals surface area contributed by atoms with Crippen molar-refractivity contribution in [3.8, 4) is 22.4 Å². The number of fused-ring (bicyclic) bond motifs is 1. The number of aryl methyl sites for hydroxylation is 1. The molecule has 0 saturated heterocycles. The van der Waals surface area contributed by atoms with Crippen LogP contribution in [0.4, 0.5) is 13.2 Å². The Hall–Kier alpha value is -3.37. The summed E-state index contributed by atoms with van der Waals surface area (Å²) in [5.74, 6) is -3.60. The number of carbonyl (C=O) groups excluding carboxylic acids is 1. The van der Waals surface area contributed by atoms with Crippen LogP contribution >= 0.6 is 11.6 Å². The first-order chi connectivity index (χ1) is 16.0. The van der Waals surface area contributed by atoms with Gasteiger partial charge in [0.25, 0.3) is 5.91 Å². The average Bonchev–Trinajstić information content (AvgIpc) is 3.26. The third-order valence-corrected chi connectivity index (χ3v) is 6.30. The van der Waals surface area contributed by atoms with E-state index in [1.807, 2.05) is 0 Å². The highest BCUT2D eigenvalue weighted by molar-refractivity contribution is 6.32. The predicted molar refractivity (Wildman–Crippen MR) is 119 cm³/mol. The molecule has 0 spiro atoms. The first-order valence-corrected chi connectivity index (χ1v) is 10.8. The maximum absolute atomic E-state index is 15.0. The molecule has 4 aromatic rings. The first kappa shape index (κ1) is 22.4. The number of halogens is 4. The first-order valence-electron chi connectivity index (χ1n) is 10.4. The van der Waals surface area contributed by atoms with Gasteiger partial charge in [0.15, 0.2) is 11.6 Å². The molecule has 34 heavy (non-hydrogen) atoms. The van der Waals surface area contributed by atoms with Crippen molar-refractivity contribution in [2.75, 3.05) is 0 Å². The van der Waals surface area contributed by atoms with Crippen LogP contribution in [-0.2, 0) is 7.05 Å².